The molecule has 0 aliphatic heterocycles. The molecule has 0 saturated heterocycles. The number of aryl methyl sites for hydroxylation is 1. The average Bonchev–Trinajstić information content (AvgIpc) is 2.84. The minimum atomic E-state index is 0.464. The number of nitrogens with zero attached hydrogens (tertiary/aromatic N) is 2. The molecule has 0 amide bonds. The summed E-state index contributed by atoms with van der Waals surface area (Å²) in [6.07, 6.45) is 6.19. The zero-order valence-corrected chi connectivity index (χ0v) is 18.5. The highest BCUT2D eigenvalue weighted by Crippen LogP contribution is 2.20. The van der Waals surface area contributed by atoms with Gasteiger partial charge >= 0.3 is 0 Å². The van der Waals surface area contributed by atoms with Crippen molar-refractivity contribution in [1.82, 2.24) is 9.97 Å². The fourth-order valence-corrected chi connectivity index (χ4v) is 3.63. The van der Waals surface area contributed by atoms with Crippen molar-refractivity contribution in [2.75, 3.05) is 0 Å². The van der Waals surface area contributed by atoms with Crippen LogP contribution in [0.2, 0.25) is 5.02 Å². The van der Waals surface area contributed by atoms with E-state index in [1.807, 2.05) is 48.7 Å². The number of benzene rings is 2. The van der Waals surface area contributed by atoms with Gasteiger partial charge in [0.1, 0.15) is 5.69 Å². The average molecular weight is 438 g/mol. The summed E-state index contributed by atoms with van der Waals surface area (Å²) in [5.41, 5.74) is 13.4. The van der Waals surface area contributed by atoms with Crippen LogP contribution in [0.5, 0.6) is 0 Å². The van der Waals surface area contributed by atoms with E-state index in [-0.39, 0.29) is 0 Å². The molecule has 0 aliphatic rings. The Balaban J connectivity index is 1.31. The Hall–Kier alpha value is -3.45. The van der Waals surface area contributed by atoms with E-state index in [1.165, 1.54) is 16.7 Å². The van der Waals surface area contributed by atoms with Crippen LogP contribution in [0, 0.1) is 11.8 Å². The lowest BCUT2D eigenvalue weighted by molar-refractivity contribution is 0.945. The van der Waals surface area contributed by atoms with Crippen molar-refractivity contribution in [2.45, 2.75) is 25.8 Å². The second-order valence-electron chi connectivity index (χ2n) is 7.55. The molecule has 0 atom stereocenters. The normalized spacial score (nSPS) is 10.4. The molecule has 0 unspecified atom stereocenters. The zero-order chi connectivity index (χ0) is 22.2. The largest absolute Gasteiger partial charge is 0.325 e. The second-order valence-corrected chi connectivity index (χ2v) is 7.98. The van der Waals surface area contributed by atoms with Gasteiger partial charge in [0.15, 0.2) is 0 Å². The van der Waals surface area contributed by atoms with Crippen molar-refractivity contribution in [2.24, 2.45) is 5.73 Å². The van der Waals surface area contributed by atoms with Crippen LogP contribution >= 0.6 is 11.6 Å². The summed E-state index contributed by atoms with van der Waals surface area (Å²) in [6, 6.07) is 24.5. The number of pyridine rings is 2. The molecule has 0 spiro atoms. The molecule has 0 fully saturated rings. The smallest absolute Gasteiger partial charge is 0.113 e. The minimum absolute atomic E-state index is 0.464. The molecule has 3 nitrogen and oxygen atoms in total. The maximum atomic E-state index is 5.95. The summed E-state index contributed by atoms with van der Waals surface area (Å²) >= 11 is 5.95. The van der Waals surface area contributed by atoms with Crippen LogP contribution in [-0.4, -0.2) is 9.97 Å². The number of halogens is 1. The predicted molar refractivity (Wildman–Crippen MR) is 131 cm³/mol. The van der Waals surface area contributed by atoms with Crippen molar-refractivity contribution < 1.29 is 0 Å². The van der Waals surface area contributed by atoms with Crippen molar-refractivity contribution in [3.63, 3.8) is 0 Å². The molecule has 4 rings (SSSR count). The first kappa shape index (κ1) is 21.8. The number of hydrogen-bond donors (Lipinski definition) is 1. The number of hydrogen-bond acceptors (Lipinski definition) is 3. The van der Waals surface area contributed by atoms with Crippen LogP contribution in [0.1, 0.15) is 34.5 Å². The topological polar surface area (TPSA) is 51.8 Å². The highest BCUT2D eigenvalue weighted by atomic mass is 35.5. The highest BCUT2D eigenvalue weighted by Gasteiger charge is 2.03. The Bertz CT molecular complexity index is 1220. The first-order chi connectivity index (χ1) is 15.7. The van der Waals surface area contributed by atoms with Crippen LogP contribution in [0.15, 0.2) is 85.2 Å². The SMILES string of the molecule is NCc1ncccc1Cc1ccc(CCC#Cc2ccc(-c3ccc(Cl)cc3)cn2)cc1. The van der Waals surface area contributed by atoms with Crippen LogP contribution < -0.4 is 5.73 Å². The number of aromatic nitrogens is 2. The summed E-state index contributed by atoms with van der Waals surface area (Å²) < 4.78 is 0. The zero-order valence-electron chi connectivity index (χ0n) is 17.8. The molecule has 32 heavy (non-hydrogen) atoms. The molecule has 0 aliphatic carbocycles. The third-order valence-electron chi connectivity index (χ3n) is 5.29. The van der Waals surface area contributed by atoms with Crippen molar-refractivity contribution in [3.8, 4) is 23.0 Å². The van der Waals surface area contributed by atoms with Crippen molar-refractivity contribution in [1.29, 1.82) is 0 Å². The number of rotatable bonds is 6. The fourth-order valence-electron chi connectivity index (χ4n) is 3.50. The Labute approximate surface area is 194 Å². The van der Waals surface area contributed by atoms with Gasteiger partial charge in [-0.1, -0.05) is 66.1 Å². The molecule has 2 N–H and O–H groups in total. The molecular formula is C28H24ClN3. The van der Waals surface area contributed by atoms with Gasteiger partial charge in [0.25, 0.3) is 0 Å². The molecule has 0 bridgehead atoms. The van der Waals surface area contributed by atoms with Gasteiger partial charge in [0.05, 0.1) is 5.69 Å². The molecule has 2 aromatic carbocycles. The van der Waals surface area contributed by atoms with Gasteiger partial charge in [-0.05, 0) is 65.3 Å². The summed E-state index contributed by atoms with van der Waals surface area (Å²) in [6.45, 7) is 0.464. The molecular weight excluding hydrogens is 414 g/mol. The number of nitrogens with two attached hydrogens (primary N) is 1. The third kappa shape index (κ3) is 5.82. The Morgan fingerprint density at radius 3 is 2.28 bits per heavy atom. The monoisotopic (exact) mass is 437 g/mol. The summed E-state index contributed by atoms with van der Waals surface area (Å²) in [5, 5.41) is 0.730. The van der Waals surface area contributed by atoms with Gasteiger partial charge in [-0.25, -0.2) is 4.98 Å². The minimum Gasteiger partial charge on any atom is -0.325 e. The van der Waals surface area contributed by atoms with Gasteiger partial charge in [-0.3, -0.25) is 4.98 Å². The van der Waals surface area contributed by atoms with E-state index in [1.54, 1.807) is 6.20 Å². The second kappa shape index (κ2) is 10.7. The molecule has 158 valence electrons. The van der Waals surface area contributed by atoms with Crippen LogP contribution in [-0.2, 0) is 19.4 Å². The molecule has 0 saturated carbocycles. The summed E-state index contributed by atoms with van der Waals surface area (Å²) in [4.78, 5) is 8.83. The Morgan fingerprint density at radius 1 is 0.812 bits per heavy atom. The van der Waals surface area contributed by atoms with Crippen molar-refractivity contribution in [3.05, 3.63) is 118 Å². The first-order valence-electron chi connectivity index (χ1n) is 10.6. The highest BCUT2D eigenvalue weighted by molar-refractivity contribution is 6.30. The molecule has 2 aromatic heterocycles. The Kier molecular flexibility index (Phi) is 7.30. The summed E-state index contributed by atoms with van der Waals surface area (Å²) in [7, 11) is 0. The predicted octanol–water partition coefficient (Wildman–Crippen LogP) is 5.83. The lowest BCUT2D eigenvalue weighted by Crippen LogP contribution is -2.04. The van der Waals surface area contributed by atoms with Gasteiger partial charge in [-0.15, -0.1) is 0 Å². The maximum Gasteiger partial charge on any atom is 0.113 e. The fraction of sp³-hybridized carbons (Fsp3) is 0.143. The van der Waals surface area contributed by atoms with Gasteiger partial charge in [0, 0.05) is 35.9 Å². The van der Waals surface area contributed by atoms with E-state index in [2.05, 4.69) is 52.1 Å². The van der Waals surface area contributed by atoms with Gasteiger partial charge in [0.2, 0.25) is 0 Å². The van der Waals surface area contributed by atoms with Gasteiger partial charge in [-0.2, -0.15) is 0 Å². The lowest BCUT2D eigenvalue weighted by Gasteiger charge is -2.07. The van der Waals surface area contributed by atoms with E-state index in [0.717, 1.165) is 46.8 Å². The molecule has 4 heteroatoms. The summed E-state index contributed by atoms with van der Waals surface area (Å²) in [5.74, 6) is 6.39. The van der Waals surface area contributed by atoms with Crippen LogP contribution in [0.4, 0.5) is 0 Å². The van der Waals surface area contributed by atoms with Crippen molar-refractivity contribution >= 4 is 11.6 Å². The van der Waals surface area contributed by atoms with E-state index >= 15 is 0 Å². The quantitative estimate of drug-likeness (QED) is 0.386. The van der Waals surface area contributed by atoms with Crippen LogP contribution in [0.25, 0.3) is 11.1 Å². The van der Waals surface area contributed by atoms with Gasteiger partial charge < -0.3 is 5.73 Å². The van der Waals surface area contributed by atoms with E-state index in [0.29, 0.717) is 6.54 Å². The molecule has 0 radical (unpaired) electrons. The van der Waals surface area contributed by atoms with E-state index in [9.17, 15) is 0 Å². The van der Waals surface area contributed by atoms with E-state index < -0.39 is 0 Å². The first-order valence-corrected chi connectivity index (χ1v) is 11.0. The lowest BCUT2D eigenvalue weighted by atomic mass is 10.0. The standard InChI is InChI=1S/C28H24ClN3/c29-26-14-11-23(12-15-26)25-13-16-27(32-20-25)6-2-1-4-21-7-9-22(10-8-21)18-24-5-3-17-31-28(24)19-30/h3,5,7-17,20H,1,4,18-19,30H2. The van der Waals surface area contributed by atoms with Crippen LogP contribution in [0.3, 0.4) is 0 Å². The molecule has 2 heterocycles. The Morgan fingerprint density at radius 2 is 1.56 bits per heavy atom. The van der Waals surface area contributed by atoms with E-state index in [4.69, 9.17) is 17.3 Å². The molecule has 4 aromatic rings. The maximum absolute atomic E-state index is 5.95. The third-order valence-corrected chi connectivity index (χ3v) is 5.54.